The minimum Gasteiger partial charge on any atom is -0.394 e. The zero-order valence-electron chi connectivity index (χ0n) is 48.4. The number of allylic oxidation sites excluding steroid dienone is 2. The highest BCUT2D eigenvalue weighted by atomic mass is 16.7. The van der Waals surface area contributed by atoms with Crippen LogP contribution >= 0.6 is 0 Å². The zero-order chi connectivity index (χ0) is 52.9. The molecule has 7 unspecified atom stereocenters. The number of carbonyl (C=O) groups excluding carboxylic acids is 1. The fourth-order valence-electron chi connectivity index (χ4n) is 10.7. The molecule has 1 rings (SSSR count). The first kappa shape index (κ1) is 69.9. The fraction of sp³-hybridized carbons (Fsp3) is 0.953. The van der Waals surface area contributed by atoms with Gasteiger partial charge in [-0.25, -0.2) is 0 Å². The topological polar surface area (TPSA) is 149 Å². The van der Waals surface area contributed by atoms with Crippen molar-refractivity contribution >= 4 is 5.91 Å². The second-order valence-corrected chi connectivity index (χ2v) is 22.9. The van der Waals surface area contributed by atoms with E-state index < -0.39 is 49.5 Å². The summed E-state index contributed by atoms with van der Waals surface area (Å²) in [6.07, 6.45) is 61.3. The van der Waals surface area contributed by atoms with Gasteiger partial charge in [0.1, 0.15) is 24.4 Å². The number of unbranched alkanes of at least 4 members (excludes halogenated alkanes) is 45. The molecule has 1 saturated heterocycles. The fourth-order valence-corrected chi connectivity index (χ4v) is 10.7. The van der Waals surface area contributed by atoms with Crippen LogP contribution < -0.4 is 5.32 Å². The molecule has 7 atom stereocenters. The van der Waals surface area contributed by atoms with E-state index in [2.05, 4.69) is 31.3 Å². The first-order valence-corrected chi connectivity index (χ1v) is 32.4. The molecular formula is C64H125NO8. The van der Waals surface area contributed by atoms with Gasteiger partial charge in [-0.1, -0.05) is 302 Å². The van der Waals surface area contributed by atoms with Gasteiger partial charge in [0.2, 0.25) is 5.91 Å². The van der Waals surface area contributed by atoms with E-state index in [9.17, 15) is 30.3 Å². The Balaban J connectivity index is 2.06. The zero-order valence-corrected chi connectivity index (χ0v) is 48.4. The number of aliphatic hydroxyl groups is 5. The number of hydrogen-bond acceptors (Lipinski definition) is 8. The molecule has 0 bridgehead atoms. The number of carbonyl (C=O) groups is 1. The van der Waals surface area contributed by atoms with Crippen LogP contribution in [0.3, 0.4) is 0 Å². The van der Waals surface area contributed by atoms with Crippen molar-refractivity contribution in [2.75, 3.05) is 13.2 Å². The molecule has 0 aromatic carbocycles. The first-order chi connectivity index (χ1) is 35.8. The highest BCUT2D eigenvalue weighted by Gasteiger charge is 2.44. The van der Waals surface area contributed by atoms with Crippen molar-refractivity contribution in [2.45, 2.75) is 378 Å². The molecule has 1 aliphatic heterocycles. The van der Waals surface area contributed by atoms with E-state index in [0.29, 0.717) is 12.8 Å². The minimum atomic E-state index is -1.55. The number of amides is 1. The Labute approximate surface area is 452 Å². The Morgan fingerprint density at radius 2 is 0.767 bits per heavy atom. The lowest BCUT2D eigenvalue weighted by Gasteiger charge is -2.40. The Hall–Kier alpha value is -1.07. The summed E-state index contributed by atoms with van der Waals surface area (Å²) in [5, 5.41) is 54.7. The van der Waals surface area contributed by atoms with Gasteiger partial charge in [-0.15, -0.1) is 0 Å². The van der Waals surface area contributed by atoms with Crippen LogP contribution in [-0.4, -0.2) is 87.5 Å². The molecule has 0 saturated carbocycles. The second kappa shape index (κ2) is 54.3. The molecule has 1 amide bonds. The normalized spacial score (nSPS) is 19.0. The van der Waals surface area contributed by atoms with Crippen molar-refractivity contribution in [3.63, 3.8) is 0 Å². The van der Waals surface area contributed by atoms with Crippen molar-refractivity contribution in [2.24, 2.45) is 0 Å². The number of ether oxygens (including phenoxy) is 2. The summed E-state index contributed by atoms with van der Waals surface area (Å²) in [7, 11) is 0. The maximum absolute atomic E-state index is 13.1. The maximum Gasteiger partial charge on any atom is 0.220 e. The quantitative estimate of drug-likeness (QED) is 0.0261. The molecule has 0 spiro atoms. The third kappa shape index (κ3) is 43.6. The van der Waals surface area contributed by atoms with Crippen molar-refractivity contribution in [3.8, 4) is 0 Å². The lowest BCUT2D eigenvalue weighted by atomic mass is 9.99. The predicted molar refractivity (Wildman–Crippen MR) is 309 cm³/mol. The van der Waals surface area contributed by atoms with Gasteiger partial charge in [-0.3, -0.25) is 4.79 Å². The standard InChI is InChI=1S/C64H125NO8/c1-3-5-7-9-11-13-15-17-19-20-21-22-23-24-25-26-27-28-29-30-31-32-33-34-35-36-37-38-40-42-44-46-48-50-52-54-60(68)65-57(56-72-64-63(71)62(70)61(69)59(55-66)73-64)58(67)53-51-49-47-45-43-41-39-18-16-14-12-10-8-6-4-2/h26-27,57-59,61-64,66-67,69-71H,3-25,28-56H2,1-2H3,(H,65,68)/b27-26-. The van der Waals surface area contributed by atoms with Crippen molar-refractivity contribution < 1.29 is 39.8 Å². The van der Waals surface area contributed by atoms with Gasteiger partial charge < -0.3 is 40.3 Å². The third-order valence-corrected chi connectivity index (χ3v) is 15.9. The first-order valence-electron chi connectivity index (χ1n) is 32.4. The molecule has 9 heteroatoms. The van der Waals surface area contributed by atoms with Crippen LogP contribution in [0.5, 0.6) is 0 Å². The molecule has 6 N–H and O–H groups in total. The molecule has 0 aromatic rings. The largest absolute Gasteiger partial charge is 0.394 e. The van der Waals surface area contributed by atoms with Gasteiger partial charge >= 0.3 is 0 Å². The summed E-state index contributed by atoms with van der Waals surface area (Å²) in [5.74, 6) is -0.137. The Morgan fingerprint density at radius 1 is 0.452 bits per heavy atom. The minimum absolute atomic E-state index is 0.133. The van der Waals surface area contributed by atoms with Gasteiger partial charge in [0.25, 0.3) is 0 Å². The molecule has 1 aliphatic rings. The molecule has 0 aromatic heterocycles. The average molecular weight is 1040 g/mol. The van der Waals surface area contributed by atoms with Crippen LogP contribution in [0.1, 0.15) is 335 Å². The van der Waals surface area contributed by atoms with E-state index in [-0.39, 0.29) is 12.5 Å². The third-order valence-electron chi connectivity index (χ3n) is 15.9. The Morgan fingerprint density at radius 3 is 1.11 bits per heavy atom. The van der Waals surface area contributed by atoms with E-state index in [4.69, 9.17) is 9.47 Å². The summed E-state index contributed by atoms with van der Waals surface area (Å²) in [4.78, 5) is 13.1. The molecule has 0 radical (unpaired) electrons. The maximum atomic E-state index is 13.1. The van der Waals surface area contributed by atoms with Gasteiger partial charge in [0.15, 0.2) is 6.29 Å². The highest BCUT2D eigenvalue weighted by Crippen LogP contribution is 2.24. The summed E-state index contributed by atoms with van der Waals surface area (Å²) in [5.41, 5.74) is 0. The van der Waals surface area contributed by atoms with Crippen molar-refractivity contribution in [1.29, 1.82) is 0 Å². The van der Waals surface area contributed by atoms with Gasteiger partial charge in [-0.2, -0.15) is 0 Å². The number of rotatable bonds is 57. The van der Waals surface area contributed by atoms with E-state index in [0.717, 1.165) is 38.5 Å². The Bertz CT molecular complexity index is 1150. The number of aliphatic hydroxyl groups excluding tert-OH is 5. The second-order valence-electron chi connectivity index (χ2n) is 22.9. The van der Waals surface area contributed by atoms with Crippen LogP contribution in [0.15, 0.2) is 12.2 Å². The molecular weight excluding hydrogens is 911 g/mol. The Kier molecular flexibility index (Phi) is 52.0. The van der Waals surface area contributed by atoms with Gasteiger partial charge in [0, 0.05) is 6.42 Å². The average Bonchev–Trinajstić information content (AvgIpc) is 3.39. The number of nitrogens with one attached hydrogen (secondary N) is 1. The van der Waals surface area contributed by atoms with E-state index >= 15 is 0 Å². The summed E-state index contributed by atoms with van der Waals surface area (Å²) < 4.78 is 11.3. The van der Waals surface area contributed by atoms with Crippen LogP contribution in [0, 0.1) is 0 Å². The number of hydrogen-bond donors (Lipinski definition) is 6. The predicted octanol–water partition coefficient (Wildman–Crippen LogP) is 16.7. The molecule has 1 heterocycles. The van der Waals surface area contributed by atoms with Crippen molar-refractivity contribution in [1.82, 2.24) is 5.32 Å². The monoisotopic (exact) mass is 1040 g/mol. The van der Waals surface area contributed by atoms with Crippen LogP contribution in [0.4, 0.5) is 0 Å². The van der Waals surface area contributed by atoms with Crippen LogP contribution in [-0.2, 0) is 14.3 Å². The molecule has 434 valence electrons. The highest BCUT2D eigenvalue weighted by molar-refractivity contribution is 5.76. The smallest absolute Gasteiger partial charge is 0.220 e. The molecule has 1 fully saturated rings. The van der Waals surface area contributed by atoms with Crippen LogP contribution in [0.25, 0.3) is 0 Å². The van der Waals surface area contributed by atoms with Crippen LogP contribution in [0.2, 0.25) is 0 Å². The molecule has 9 nitrogen and oxygen atoms in total. The SMILES string of the molecule is CCCCCCCCCCCCCCCC/C=C\CCCCCCCCCCCCCCCCCCCC(=O)NC(COC1OC(CO)C(O)C(O)C1O)C(O)CCCCCCCCCCCCCCCCC. The van der Waals surface area contributed by atoms with E-state index in [1.807, 2.05) is 0 Å². The molecule has 73 heavy (non-hydrogen) atoms. The lowest BCUT2D eigenvalue weighted by Crippen LogP contribution is -2.60. The van der Waals surface area contributed by atoms with Crippen molar-refractivity contribution in [3.05, 3.63) is 12.2 Å². The summed E-state index contributed by atoms with van der Waals surface area (Å²) in [6, 6.07) is -0.715. The molecule has 0 aliphatic carbocycles. The summed E-state index contributed by atoms with van der Waals surface area (Å²) >= 11 is 0. The van der Waals surface area contributed by atoms with Gasteiger partial charge in [-0.05, 0) is 38.5 Å². The summed E-state index contributed by atoms with van der Waals surface area (Å²) in [6.45, 7) is 3.88. The van der Waals surface area contributed by atoms with Gasteiger partial charge in [0.05, 0.1) is 25.4 Å². The van der Waals surface area contributed by atoms with E-state index in [1.165, 1.54) is 270 Å². The van der Waals surface area contributed by atoms with E-state index in [1.54, 1.807) is 0 Å². The lowest BCUT2D eigenvalue weighted by molar-refractivity contribution is -0.302.